The summed E-state index contributed by atoms with van der Waals surface area (Å²) in [6.45, 7) is 6.69. The number of benzene rings is 2. The van der Waals surface area contributed by atoms with Gasteiger partial charge in [0.15, 0.2) is 0 Å². The molecule has 0 bridgehead atoms. The Kier molecular flexibility index (Phi) is 12.2. The van der Waals surface area contributed by atoms with Crippen LogP contribution in [0.1, 0.15) is 64.0 Å². The van der Waals surface area contributed by atoms with Gasteiger partial charge in [0.05, 0.1) is 7.11 Å². The zero-order chi connectivity index (χ0) is 34.0. The van der Waals surface area contributed by atoms with E-state index in [4.69, 9.17) is 14.2 Å². The number of para-hydroxylation sites is 1. The maximum Gasteiger partial charge on any atom is 0.410 e. The van der Waals surface area contributed by atoms with Crippen molar-refractivity contribution in [2.75, 3.05) is 31.6 Å². The highest BCUT2D eigenvalue weighted by atomic mass is 16.6. The van der Waals surface area contributed by atoms with E-state index in [9.17, 15) is 24.0 Å². The summed E-state index contributed by atoms with van der Waals surface area (Å²) in [6, 6.07) is 15.0. The molecule has 0 aliphatic carbocycles. The minimum Gasteiger partial charge on any atom is -0.467 e. The Morgan fingerprint density at radius 1 is 0.936 bits per heavy atom. The summed E-state index contributed by atoms with van der Waals surface area (Å²) < 4.78 is 15.7. The largest absolute Gasteiger partial charge is 0.467 e. The second-order valence-corrected chi connectivity index (χ2v) is 12.9. The number of carbonyl (C=O) groups excluding carboxylic acids is 5. The highest BCUT2D eigenvalue weighted by Crippen LogP contribution is 2.35. The summed E-state index contributed by atoms with van der Waals surface area (Å²) >= 11 is 0. The number of carbonyl (C=O) groups is 5. The van der Waals surface area contributed by atoms with E-state index in [0.29, 0.717) is 57.4 Å². The number of esters is 1. The van der Waals surface area contributed by atoms with Gasteiger partial charge in [0, 0.05) is 37.7 Å². The number of amides is 4. The smallest absolute Gasteiger partial charge is 0.410 e. The zero-order valence-electron chi connectivity index (χ0n) is 27.7. The molecule has 0 saturated carbocycles. The molecule has 254 valence electrons. The van der Waals surface area contributed by atoms with Crippen molar-refractivity contribution >= 4 is 35.7 Å². The quantitative estimate of drug-likeness (QED) is 0.208. The van der Waals surface area contributed by atoms with Gasteiger partial charge in [-0.1, -0.05) is 48.5 Å². The number of hydrogen-bond acceptors (Lipinski definition) is 8. The van der Waals surface area contributed by atoms with Gasteiger partial charge >= 0.3 is 18.2 Å². The van der Waals surface area contributed by atoms with Crippen molar-refractivity contribution in [1.29, 1.82) is 0 Å². The molecule has 2 aromatic carbocycles. The van der Waals surface area contributed by atoms with Crippen LogP contribution in [0.2, 0.25) is 0 Å². The number of rotatable bonds is 11. The van der Waals surface area contributed by atoms with E-state index in [-0.39, 0.29) is 24.9 Å². The van der Waals surface area contributed by atoms with E-state index < -0.39 is 41.7 Å². The van der Waals surface area contributed by atoms with Crippen molar-refractivity contribution in [3.8, 4) is 0 Å². The van der Waals surface area contributed by atoms with Gasteiger partial charge in [-0.25, -0.2) is 14.4 Å². The number of ether oxygens (including phenoxy) is 3. The third-order valence-electron chi connectivity index (χ3n) is 8.22. The Bertz CT molecular complexity index is 1400. The Morgan fingerprint density at radius 3 is 2.30 bits per heavy atom. The van der Waals surface area contributed by atoms with E-state index in [1.165, 1.54) is 7.11 Å². The Hall–Kier alpha value is -4.61. The maximum atomic E-state index is 14.0. The normalized spacial score (nSPS) is 16.9. The summed E-state index contributed by atoms with van der Waals surface area (Å²) in [7, 11) is 1.26. The van der Waals surface area contributed by atoms with Gasteiger partial charge in [-0.3, -0.25) is 14.5 Å². The van der Waals surface area contributed by atoms with Crippen molar-refractivity contribution in [2.45, 2.75) is 83.6 Å². The van der Waals surface area contributed by atoms with Gasteiger partial charge in [-0.2, -0.15) is 0 Å². The van der Waals surface area contributed by atoms with Crippen LogP contribution in [0.5, 0.6) is 0 Å². The van der Waals surface area contributed by atoms with E-state index in [1.54, 1.807) is 9.80 Å². The van der Waals surface area contributed by atoms with Crippen molar-refractivity contribution < 1.29 is 38.2 Å². The molecule has 12 heteroatoms. The summed E-state index contributed by atoms with van der Waals surface area (Å²) in [6.07, 6.45) is 1.62. The predicted octanol–water partition coefficient (Wildman–Crippen LogP) is 4.35. The Balaban J connectivity index is 1.31. The molecule has 0 radical (unpaired) electrons. The molecule has 4 rings (SSSR count). The third-order valence-corrected chi connectivity index (χ3v) is 8.22. The first-order valence-electron chi connectivity index (χ1n) is 16.2. The summed E-state index contributed by atoms with van der Waals surface area (Å²) in [4.78, 5) is 68.1. The fraction of sp³-hybridized carbons (Fsp3) is 0.514. The number of piperidine rings is 1. The maximum absolute atomic E-state index is 14.0. The van der Waals surface area contributed by atoms with Crippen LogP contribution in [0.3, 0.4) is 0 Å². The summed E-state index contributed by atoms with van der Waals surface area (Å²) in [5.74, 6) is -1.59. The van der Waals surface area contributed by atoms with Crippen molar-refractivity contribution in [2.24, 2.45) is 5.92 Å². The number of unbranched alkanes of at least 4 members (excludes halogenated alkanes) is 1. The van der Waals surface area contributed by atoms with E-state index in [1.807, 2.05) is 75.4 Å². The molecule has 2 aromatic rings. The van der Waals surface area contributed by atoms with Crippen LogP contribution in [-0.4, -0.2) is 79.3 Å². The number of methoxy groups -OCH3 is 1. The molecule has 0 unspecified atom stereocenters. The number of hydrogen-bond donors (Lipinski definition) is 2. The molecule has 2 N–H and O–H groups in total. The second kappa shape index (κ2) is 16.3. The van der Waals surface area contributed by atoms with Crippen molar-refractivity contribution in [3.63, 3.8) is 0 Å². The Labute approximate surface area is 276 Å². The molecule has 2 aliphatic rings. The lowest BCUT2D eigenvalue weighted by Gasteiger charge is -2.35. The number of anilines is 1. The van der Waals surface area contributed by atoms with E-state index in [2.05, 4.69) is 10.6 Å². The number of fused-ring (bicyclic) bond motifs is 1. The van der Waals surface area contributed by atoms with E-state index >= 15 is 0 Å². The van der Waals surface area contributed by atoms with Crippen LogP contribution in [0.4, 0.5) is 15.3 Å². The van der Waals surface area contributed by atoms with Gasteiger partial charge in [0.2, 0.25) is 11.8 Å². The number of nitrogens with one attached hydrogen (secondary N) is 2. The van der Waals surface area contributed by atoms with Crippen LogP contribution in [0, 0.1) is 5.92 Å². The molecule has 1 fully saturated rings. The number of alkyl carbamates (subject to hydrolysis) is 1. The highest BCUT2D eigenvalue weighted by molar-refractivity contribution is 6.05. The highest BCUT2D eigenvalue weighted by Gasteiger charge is 2.42. The molecule has 0 aromatic heterocycles. The first kappa shape index (κ1) is 35.2. The van der Waals surface area contributed by atoms with Crippen molar-refractivity contribution in [1.82, 2.24) is 15.5 Å². The lowest BCUT2D eigenvalue weighted by atomic mass is 9.95. The molecule has 4 amide bonds. The summed E-state index contributed by atoms with van der Waals surface area (Å²) in [5, 5.41) is 5.52. The van der Waals surface area contributed by atoms with Crippen LogP contribution < -0.4 is 15.5 Å². The lowest BCUT2D eigenvalue weighted by Crippen LogP contribution is -2.54. The third kappa shape index (κ3) is 9.94. The van der Waals surface area contributed by atoms with Gasteiger partial charge in [-0.15, -0.1) is 0 Å². The van der Waals surface area contributed by atoms with Gasteiger partial charge in [0.1, 0.15) is 24.3 Å². The topological polar surface area (TPSA) is 144 Å². The number of nitrogens with zero attached hydrogens (tertiary/aromatic N) is 2. The van der Waals surface area contributed by atoms with Crippen LogP contribution in [-0.2, 0) is 41.6 Å². The first-order valence-corrected chi connectivity index (χ1v) is 16.2. The molecule has 47 heavy (non-hydrogen) atoms. The predicted molar refractivity (Wildman–Crippen MR) is 174 cm³/mol. The second-order valence-electron chi connectivity index (χ2n) is 12.9. The zero-order valence-corrected chi connectivity index (χ0v) is 27.7. The molecule has 1 saturated heterocycles. The fourth-order valence-electron chi connectivity index (χ4n) is 5.80. The Morgan fingerprint density at radius 2 is 1.62 bits per heavy atom. The van der Waals surface area contributed by atoms with Crippen LogP contribution in [0.15, 0.2) is 54.6 Å². The molecular weight excluding hydrogens is 604 g/mol. The minimum atomic E-state index is -0.921. The van der Waals surface area contributed by atoms with Gasteiger partial charge < -0.3 is 29.7 Å². The molecule has 2 heterocycles. The van der Waals surface area contributed by atoms with Gasteiger partial charge in [0.25, 0.3) is 0 Å². The van der Waals surface area contributed by atoms with Crippen LogP contribution >= 0.6 is 0 Å². The minimum absolute atomic E-state index is 0.166. The first-order chi connectivity index (χ1) is 22.5. The average molecular weight is 651 g/mol. The van der Waals surface area contributed by atoms with E-state index in [0.717, 1.165) is 11.1 Å². The monoisotopic (exact) mass is 650 g/mol. The molecule has 12 nitrogen and oxygen atoms in total. The number of likely N-dealkylation sites (tertiary alicyclic amines) is 1. The molecule has 2 atom stereocenters. The van der Waals surface area contributed by atoms with Crippen molar-refractivity contribution in [3.05, 3.63) is 65.7 Å². The van der Waals surface area contributed by atoms with Crippen LogP contribution in [0.25, 0.3) is 0 Å². The molecule has 0 spiro atoms. The summed E-state index contributed by atoms with van der Waals surface area (Å²) in [5.41, 5.74) is 1.81. The average Bonchev–Trinajstić information content (AvgIpc) is 3.45. The lowest BCUT2D eigenvalue weighted by molar-refractivity contribution is -0.145. The molecule has 2 aliphatic heterocycles. The fourth-order valence-corrected chi connectivity index (χ4v) is 5.80. The standard InChI is InChI=1S/C35H46N4O8/c1-35(2,3)47-34(44)38-20-17-25(18-21-38)31(41)39-28-16-9-8-14-26(28)22-29(39)30(40)37-27(32(42)45-4)15-10-11-19-36-33(43)46-23-24-12-6-5-7-13-24/h5-9,12-14,16,25,27,29H,10-11,15,17-23H2,1-4H3,(H,36,43)(H,37,40)/t27-,29-/m0/s1. The SMILES string of the molecule is COC(=O)[C@H](CCCCNC(=O)OCc1ccccc1)NC(=O)[C@@H]1Cc2ccccc2N1C(=O)C1CCN(C(=O)OC(C)(C)C)CC1. The van der Waals surface area contributed by atoms with Gasteiger partial charge in [-0.05, 0) is 70.1 Å². The molecular formula is C35H46N4O8.